The van der Waals surface area contributed by atoms with E-state index in [-0.39, 0.29) is 23.4 Å². The third-order valence-corrected chi connectivity index (χ3v) is 5.34. The topological polar surface area (TPSA) is 111 Å². The summed E-state index contributed by atoms with van der Waals surface area (Å²) in [5.41, 5.74) is 1.20. The summed E-state index contributed by atoms with van der Waals surface area (Å²) in [5, 5.41) is 3.01. The number of rotatable bonds is 4. The van der Waals surface area contributed by atoms with Crippen LogP contribution >= 0.6 is 0 Å². The summed E-state index contributed by atoms with van der Waals surface area (Å²) in [6, 6.07) is 8.92. The first-order valence-corrected chi connectivity index (χ1v) is 10.2. The molecule has 2 aromatic heterocycles. The van der Waals surface area contributed by atoms with Gasteiger partial charge in [-0.1, -0.05) is 12.1 Å². The Kier molecular flexibility index (Phi) is 5.66. The summed E-state index contributed by atoms with van der Waals surface area (Å²) in [6.45, 7) is 6.01. The highest BCUT2D eigenvalue weighted by atomic mass is 16.2. The largest absolute Gasteiger partial charge is 0.360 e. The van der Waals surface area contributed by atoms with E-state index in [0.29, 0.717) is 37.1 Å². The van der Waals surface area contributed by atoms with Crippen molar-refractivity contribution in [2.45, 2.75) is 13.8 Å². The van der Waals surface area contributed by atoms with Gasteiger partial charge in [0.25, 0.3) is 5.91 Å². The van der Waals surface area contributed by atoms with Gasteiger partial charge in [-0.2, -0.15) is 0 Å². The molecule has 2 amide bonds. The molecule has 4 rings (SSSR count). The van der Waals surface area contributed by atoms with Crippen LogP contribution in [0.2, 0.25) is 0 Å². The van der Waals surface area contributed by atoms with Crippen molar-refractivity contribution in [1.82, 2.24) is 25.2 Å². The Balaban J connectivity index is 1.34. The van der Waals surface area contributed by atoms with Gasteiger partial charge < -0.3 is 20.1 Å². The monoisotopic (exact) mass is 420 g/mol. The van der Waals surface area contributed by atoms with Crippen LogP contribution in [0.3, 0.4) is 0 Å². The molecule has 1 aliphatic heterocycles. The highest BCUT2D eigenvalue weighted by Crippen LogP contribution is 2.15. The smallest absolute Gasteiger partial charge is 0.257 e. The summed E-state index contributed by atoms with van der Waals surface area (Å²) in [4.78, 5) is 53.1. The Bertz CT molecular complexity index is 1180. The molecule has 0 saturated carbocycles. The van der Waals surface area contributed by atoms with Crippen LogP contribution in [0.25, 0.3) is 10.9 Å². The number of benzene rings is 1. The number of nitrogens with one attached hydrogen (secondary N) is 2. The maximum Gasteiger partial charge on any atom is 0.257 e. The molecule has 0 radical (unpaired) electrons. The first-order chi connectivity index (χ1) is 14.9. The Morgan fingerprint density at radius 1 is 1.10 bits per heavy atom. The van der Waals surface area contributed by atoms with Gasteiger partial charge >= 0.3 is 0 Å². The van der Waals surface area contributed by atoms with E-state index in [2.05, 4.69) is 25.2 Å². The highest BCUT2D eigenvalue weighted by Gasteiger charge is 2.23. The molecule has 160 valence electrons. The molecule has 2 N–H and O–H groups in total. The lowest BCUT2D eigenvalue weighted by molar-refractivity contribution is -0.130. The second kappa shape index (κ2) is 8.55. The maximum absolute atomic E-state index is 12.6. The Morgan fingerprint density at radius 3 is 2.58 bits per heavy atom. The molecule has 9 heteroatoms. The van der Waals surface area contributed by atoms with Crippen molar-refractivity contribution in [1.29, 1.82) is 0 Å². The van der Waals surface area contributed by atoms with Gasteiger partial charge in [0.05, 0.1) is 6.54 Å². The predicted molar refractivity (Wildman–Crippen MR) is 117 cm³/mol. The number of pyridine rings is 1. The van der Waals surface area contributed by atoms with E-state index < -0.39 is 5.91 Å². The number of piperazine rings is 1. The lowest BCUT2D eigenvalue weighted by Crippen LogP contribution is -2.51. The lowest BCUT2D eigenvalue weighted by Gasteiger charge is -2.35. The Hall–Kier alpha value is -3.75. The molecule has 0 spiro atoms. The highest BCUT2D eigenvalue weighted by molar-refractivity contribution is 5.98. The van der Waals surface area contributed by atoms with Crippen molar-refractivity contribution >= 4 is 28.5 Å². The van der Waals surface area contributed by atoms with Gasteiger partial charge in [-0.3, -0.25) is 14.4 Å². The second-order valence-corrected chi connectivity index (χ2v) is 7.54. The van der Waals surface area contributed by atoms with Gasteiger partial charge in [-0.15, -0.1) is 0 Å². The summed E-state index contributed by atoms with van der Waals surface area (Å²) in [5.74, 6) is 0.840. The van der Waals surface area contributed by atoms with E-state index in [9.17, 15) is 14.4 Å². The Labute approximate surface area is 179 Å². The Morgan fingerprint density at radius 2 is 1.84 bits per heavy atom. The molecule has 31 heavy (non-hydrogen) atoms. The van der Waals surface area contributed by atoms with E-state index in [1.807, 2.05) is 26.0 Å². The molecule has 0 atom stereocenters. The lowest BCUT2D eigenvalue weighted by atomic mass is 10.1. The minimum atomic E-state index is -0.564. The number of hydrogen-bond donors (Lipinski definition) is 2. The third-order valence-electron chi connectivity index (χ3n) is 5.34. The number of aryl methyl sites for hydroxylation is 2. The van der Waals surface area contributed by atoms with Gasteiger partial charge in [0.15, 0.2) is 0 Å². The van der Waals surface area contributed by atoms with Gasteiger partial charge in [0, 0.05) is 55.0 Å². The number of aromatic nitrogens is 3. The molecule has 9 nitrogen and oxygen atoms in total. The quantitative estimate of drug-likeness (QED) is 0.652. The predicted octanol–water partition coefficient (Wildman–Crippen LogP) is 1.01. The number of H-pyrrole nitrogens is 1. The van der Waals surface area contributed by atoms with Gasteiger partial charge in [-0.05, 0) is 26.0 Å². The van der Waals surface area contributed by atoms with E-state index in [0.717, 1.165) is 17.3 Å². The number of para-hydroxylation sites is 1. The number of carbonyl (C=O) groups excluding carboxylic acids is 2. The first kappa shape index (κ1) is 20.5. The minimum Gasteiger partial charge on any atom is -0.360 e. The number of amides is 2. The fourth-order valence-corrected chi connectivity index (χ4v) is 3.74. The standard InChI is InChI=1S/C22H24N6O3/c1-14-11-19(26-15(2)25-14)27-7-9-28(10-8-27)20(29)13-24-22(31)17-12-23-18-6-4-3-5-16(18)21(17)30/h3-6,11-12H,7-10,13H2,1-2H3,(H,23,30)(H,24,31). The summed E-state index contributed by atoms with van der Waals surface area (Å²) in [6.07, 6.45) is 1.38. The molecule has 1 fully saturated rings. The van der Waals surface area contributed by atoms with Crippen molar-refractivity contribution in [2.75, 3.05) is 37.6 Å². The zero-order valence-corrected chi connectivity index (χ0v) is 17.5. The molecule has 0 unspecified atom stereocenters. The zero-order chi connectivity index (χ0) is 22.0. The molecule has 1 aromatic carbocycles. The molecule has 1 aliphatic rings. The van der Waals surface area contributed by atoms with Gasteiger partial charge in [0.2, 0.25) is 11.3 Å². The molecular weight excluding hydrogens is 396 g/mol. The summed E-state index contributed by atoms with van der Waals surface area (Å²) >= 11 is 0. The average Bonchev–Trinajstić information content (AvgIpc) is 2.77. The molecule has 1 saturated heterocycles. The fourth-order valence-electron chi connectivity index (χ4n) is 3.74. The zero-order valence-electron chi connectivity index (χ0n) is 17.5. The summed E-state index contributed by atoms with van der Waals surface area (Å²) in [7, 11) is 0. The van der Waals surface area contributed by atoms with Crippen molar-refractivity contribution in [3.63, 3.8) is 0 Å². The number of hydrogen-bond acceptors (Lipinski definition) is 6. The molecule has 3 heterocycles. The number of nitrogens with zero attached hydrogens (tertiary/aromatic N) is 4. The minimum absolute atomic E-state index is 0.00850. The van der Waals surface area contributed by atoms with Crippen LogP contribution in [0.4, 0.5) is 5.82 Å². The maximum atomic E-state index is 12.6. The van der Waals surface area contributed by atoms with Crippen molar-refractivity contribution in [3.05, 3.63) is 63.8 Å². The van der Waals surface area contributed by atoms with Crippen molar-refractivity contribution < 1.29 is 9.59 Å². The van der Waals surface area contributed by atoms with Crippen molar-refractivity contribution in [2.24, 2.45) is 0 Å². The van der Waals surface area contributed by atoms with E-state index in [1.54, 1.807) is 23.1 Å². The van der Waals surface area contributed by atoms with Crippen LogP contribution in [0, 0.1) is 13.8 Å². The molecule has 3 aromatic rings. The van der Waals surface area contributed by atoms with Gasteiger partial charge in [0.1, 0.15) is 17.2 Å². The van der Waals surface area contributed by atoms with E-state index in [1.165, 1.54) is 6.20 Å². The van der Waals surface area contributed by atoms with Crippen molar-refractivity contribution in [3.8, 4) is 0 Å². The van der Waals surface area contributed by atoms with Crippen LogP contribution in [-0.4, -0.2) is 64.4 Å². The average molecular weight is 420 g/mol. The third kappa shape index (κ3) is 4.40. The van der Waals surface area contributed by atoms with Crippen LogP contribution in [0.15, 0.2) is 41.3 Å². The van der Waals surface area contributed by atoms with Gasteiger partial charge in [-0.25, -0.2) is 9.97 Å². The van der Waals surface area contributed by atoms with E-state index in [4.69, 9.17) is 0 Å². The molecule has 0 aliphatic carbocycles. The second-order valence-electron chi connectivity index (χ2n) is 7.54. The normalized spacial score (nSPS) is 14.0. The number of fused-ring (bicyclic) bond motifs is 1. The molecular formula is C22H24N6O3. The van der Waals surface area contributed by atoms with Crippen LogP contribution in [0.5, 0.6) is 0 Å². The SMILES string of the molecule is Cc1cc(N2CCN(C(=O)CNC(=O)c3c[nH]c4ccccc4c3=O)CC2)nc(C)n1. The van der Waals surface area contributed by atoms with E-state index >= 15 is 0 Å². The molecule has 0 bridgehead atoms. The number of anilines is 1. The first-order valence-electron chi connectivity index (χ1n) is 10.2. The fraction of sp³-hybridized carbons (Fsp3) is 0.318. The van der Waals surface area contributed by atoms with Crippen LogP contribution in [-0.2, 0) is 4.79 Å². The van der Waals surface area contributed by atoms with Crippen LogP contribution in [0.1, 0.15) is 21.9 Å². The number of aromatic amines is 1. The van der Waals surface area contributed by atoms with Crippen LogP contribution < -0.4 is 15.6 Å². The number of carbonyl (C=O) groups is 2. The summed E-state index contributed by atoms with van der Waals surface area (Å²) < 4.78 is 0.